The van der Waals surface area contributed by atoms with Crippen molar-refractivity contribution in [3.8, 4) is 0 Å². The van der Waals surface area contributed by atoms with Gasteiger partial charge in [-0.3, -0.25) is 14.4 Å². The summed E-state index contributed by atoms with van der Waals surface area (Å²) in [7, 11) is 0. The van der Waals surface area contributed by atoms with Gasteiger partial charge in [0.25, 0.3) is 11.5 Å². The number of hydrogen-bond donors (Lipinski definition) is 4. The molecule has 0 fully saturated rings. The summed E-state index contributed by atoms with van der Waals surface area (Å²) in [6.45, 7) is 3.22. The van der Waals surface area contributed by atoms with Crippen molar-refractivity contribution in [3.05, 3.63) is 70.3 Å². The highest BCUT2D eigenvalue weighted by atomic mass is 16.4. The second-order valence-corrected chi connectivity index (χ2v) is 7.51. The van der Waals surface area contributed by atoms with E-state index >= 15 is 0 Å². The molecule has 0 aliphatic rings. The zero-order chi connectivity index (χ0) is 24.0. The third-order valence-corrected chi connectivity index (χ3v) is 5.24. The van der Waals surface area contributed by atoms with Crippen LogP contribution >= 0.6 is 0 Å². The molecule has 0 aliphatic carbocycles. The minimum atomic E-state index is -1.23. The number of aromatic nitrogens is 2. The highest BCUT2D eigenvalue weighted by Crippen LogP contribution is 2.19. The molecule has 0 spiro atoms. The molecule has 2 amide bonds. The molecule has 1 aromatic heterocycles. The lowest BCUT2D eigenvalue weighted by atomic mass is 10.1. The predicted octanol–water partition coefficient (Wildman–Crippen LogP) is 1.40. The number of aliphatic carboxylic acids is 1. The van der Waals surface area contributed by atoms with Gasteiger partial charge in [-0.2, -0.15) is 0 Å². The lowest BCUT2D eigenvalue weighted by Crippen LogP contribution is -2.41. The maximum absolute atomic E-state index is 12.5. The maximum atomic E-state index is 12.5. The van der Waals surface area contributed by atoms with E-state index in [0.29, 0.717) is 29.6 Å². The summed E-state index contributed by atoms with van der Waals surface area (Å²) in [4.78, 5) is 55.6. The first-order valence-corrected chi connectivity index (χ1v) is 10.4. The summed E-state index contributed by atoms with van der Waals surface area (Å²) in [5, 5.41) is 12.2. The molecule has 0 saturated heterocycles. The van der Waals surface area contributed by atoms with E-state index in [2.05, 4.69) is 20.2 Å². The monoisotopic (exact) mass is 451 g/mol. The third kappa shape index (κ3) is 5.94. The SMILES string of the molecule is CCN(Cc1ccc2nc[nH]c(=O)c2c1)c1ccc(C(=O)N[C@@H](CCC(N)=O)C(=O)O)cc1. The van der Waals surface area contributed by atoms with Crippen LogP contribution in [-0.4, -0.2) is 45.4 Å². The number of carboxylic acid groups (broad SMARTS) is 1. The number of aromatic amines is 1. The topological polar surface area (TPSA) is 158 Å². The first-order valence-electron chi connectivity index (χ1n) is 10.4. The average Bonchev–Trinajstić information content (AvgIpc) is 2.80. The molecule has 5 N–H and O–H groups in total. The number of benzene rings is 2. The van der Waals surface area contributed by atoms with Crippen molar-refractivity contribution in [2.75, 3.05) is 11.4 Å². The number of H-pyrrole nitrogens is 1. The number of amides is 2. The van der Waals surface area contributed by atoms with Gasteiger partial charge in [-0.25, -0.2) is 9.78 Å². The summed E-state index contributed by atoms with van der Waals surface area (Å²) in [5.41, 5.74) is 7.57. The van der Waals surface area contributed by atoms with Gasteiger partial charge in [0.2, 0.25) is 5.91 Å². The minimum absolute atomic E-state index is 0.0811. The van der Waals surface area contributed by atoms with E-state index in [1.807, 2.05) is 19.1 Å². The van der Waals surface area contributed by atoms with Crippen LogP contribution in [-0.2, 0) is 16.1 Å². The number of anilines is 1. The molecule has 10 nitrogen and oxygen atoms in total. The summed E-state index contributed by atoms with van der Waals surface area (Å²) >= 11 is 0. The van der Waals surface area contributed by atoms with Crippen LogP contribution in [0.4, 0.5) is 5.69 Å². The standard InChI is InChI=1S/C23H25N5O5/c1-2-28(12-14-3-8-18-17(11-14)22(31)26-13-25-18)16-6-4-15(5-7-16)21(30)27-19(23(32)33)9-10-20(24)29/h3-8,11,13,19H,2,9-10,12H2,1H3,(H2,24,29)(H,27,30)(H,32,33)(H,25,26,31)/t19-/m0/s1. The summed E-state index contributed by atoms with van der Waals surface area (Å²) in [5.74, 6) is -2.42. The van der Waals surface area contributed by atoms with Gasteiger partial charge in [0.1, 0.15) is 6.04 Å². The highest BCUT2D eigenvalue weighted by molar-refractivity contribution is 5.97. The second kappa shape index (κ2) is 10.4. The highest BCUT2D eigenvalue weighted by Gasteiger charge is 2.21. The Kier molecular flexibility index (Phi) is 7.39. The molecule has 33 heavy (non-hydrogen) atoms. The Hall–Kier alpha value is -4.21. The van der Waals surface area contributed by atoms with Crippen LogP contribution < -0.4 is 21.5 Å². The van der Waals surface area contributed by atoms with Crippen molar-refractivity contribution >= 4 is 34.4 Å². The molecule has 2 aromatic carbocycles. The van der Waals surface area contributed by atoms with E-state index in [1.54, 1.807) is 30.3 Å². The Morgan fingerprint density at radius 1 is 1.18 bits per heavy atom. The smallest absolute Gasteiger partial charge is 0.326 e. The number of nitrogens with one attached hydrogen (secondary N) is 2. The molecular formula is C23H25N5O5. The minimum Gasteiger partial charge on any atom is -0.480 e. The largest absolute Gasteiger partial charge is 0.480 e. The van der Waals surface area contributed by atoms with Gasteiger partial charge in [-0.15, -0.1) is 0 Å². The van der Waals surface area contributed by atoms with Crippen molar-refractivity contribution < 1.29 is 19.5 Å². The van der Waals surface area contributed by atoms with Crippen LogP contribution in [0.1, 0.15) is 35.7 Å². The number of hydrogen-bond acceptors (Lipinski definition) is 6. The average molecular weight is 451 g/mol. The molecule has 0 unspecified atom stereocenters. The number of primary amides is 1. The van der Waals surface area contributed by atoms with E-state index < -0.39 is 23.8 Å². The van der Waals surface area contributed by atoms with E-state index in [-0.39, 0.29) is 18.4 Å². The van der Waals surface area contributed by atoms with Crippen LogP contribution in [0.25, 0.3) is 10.9 Å². The molecule has 172 valence electrons. The fourth-order valence-corrected chi connectivity index (χ4v) is 3.43. The number of rotatable bonds is 10. The molecule has 0 bridgehead atoms. The van der Waals surface area contributed by atoms with E-state index in [4.69, 9.17) is 5.73 Å². The van der Waals surface area contributed by atoms with Gasteiger partial charge in [-0.1, -0.05) is 6.07 Å². The Morgan fingerprint density at radius 3 is 2.55 bits per heavy atom. The van der Waals surface area contributed by atoms with Gasteiger partial charge in [0.05, 0.1) is 17.2 Å². The lowest BCUT2D eigenvalue weighted by molar-refractivity contribution is -0.139. The lowest BCUT2D eigenvalue weighted by Gasteiger charge is -2.23. The number of fused-ring (bicyclic) bond motifs is 1. The Balaban J connectivity index is 1.71. The van der Waals surface area contributed by atoms with E-state index in [9.17, 15) is 24.3 Å². The molecule has 10 heteroatoms. The maximum Gasteiger partial charge on any atom is 0.326 e. The van der Waals surface area contributed by atoms with Crippen molar-refractivity contribution in [2.45, 2.75) is 32.4 Å². The van der Waals surface area contributed by atoms with E-state index in [0.717, 1.165) is 11.3 Å². The van der Waals surface area contributed by atoms with Gasteiger partial charge >= 0.3 is 5.97 Å². The van der Waals surface area contributed by atoms with Gasteiger partial charge in [0, 0.05) is 30.8 Å². The zero-order valence-electron chi connectivity index (χ0n) is 18.1. The molecular weight excluding hydrogens is 426 g/mol. The molecule has 0 aliphatic heterocycles. The molecule has 3 aromatic rings. The molecule has 0 radical (unpaired) electrons. The van der Waals surface area contributed by atoms with Crippen LogP contribution in [0.5, 0.6) is 0 Å². The number of carbonyl (C=O) groups excluding carboxylic acids is 2. The number of nitrogens with two attached hydrogens (primary N) is 1. The van der Waals surface area contributed by atoms with Crippen molar-refractivity contribution in [3.63, 3.8) is 0 Å². The summed E-state index contributed by atoms with van der Waals surface area (Å²) in [6, 6.07) is 11.1. The Bertz CT molecular complexity index is 1220. The Morgan fingerprint density at radius 2 is 1.91 bits per heavy atom. The fourth-order valence-electron chi connectivity index (χ4n) is 3.43. The number of nitrogens with zero attached hydrogens (tertiary/aromatic N) is 2. The van der Waals surface area contributed by atoms with Crippen molar-refractivity contribution in [2.24, 2.45) is 5.73 Å². The zero-order valence-corrected chi connectivity index (χ0v) is 18.1. The summed E-state index contributed by atoms with van der Waals surface area (Å²) < 4.78 is 0. The van der Waals surface area contributed by atoms with Gasteiger partial charge in [-0.05, 0) is 55.3 Å². The van der Waals surface area contributed by atoms with Crippen molar-refractivity contribution in [1.29, 1.82) is 0 Å². The molecule has 1 atom stereocenters. The van der Waals surface area contributed by atoms with Crippen LogP contribution in [0.15, 0.2) is 53.6 Å². The first kappa shape index (κ1) is 23.5. The second-order valence-electron chi connectivity index (χ2n) is 7.51. The number of carboxylic acids is 1. The summed E-state index contributed by atoms with van der Waals surface area (Å²) in [6.07, 6.45) is 1.15. The predicted molar refractivity (Wildman–Crippen MR) is 123 cm³/mol. The third-order valence-electron chi connectivity index (χ3n) is 5.24. The van der Waals surface area contributed by atoms with Crippen molar-refractivity contribution in [1.82, 2.24) is 15.3 Å². The Labute approximate surface area is 189 Å². The normalized spacial score (nSPS) is 11.7. The van der Waals surface area contributed by atoms with Gasteiger partial charge < -0.3 is 26.0 Å². The molecule has 1 heterocycles. The van der Waals surface area contributed by atoms with Crippen LogP contribution in [0, 0.1) is 0 Å². The number of carbonyl (C=O) groups is 3. The first-order chi connectivity index (χ1) is 15.8. The van der Waals surface area contributed by atoms with Crippen LogP contribution in [0.2, 0.25) is 0 Å². The van der Waals surface area contributed by atoms with Crippen LogP contribution in [0.3, 0.4) is 0 Å². The van der Waals surface area contributed by atoms with Gasteiger partial charge in [0.15, 0.2) is 0 Å². The molecule has 3 rings (SSSR count). The van der Waals surface area contributed by atoms with E-state index in [1.165, 1.54) is 6.33 Å². The quantitative estimate of drug-likeness (QED) is 0.362. The molecule has 0 saturated carbocycles. The fraction of sp³-hybridized carbons (Fsp3) is 0.261.